The molecule has 0 bridgehead atoms. The topological polar surface area (TPSA) is 133 Å². The number of allylic oxidation sites excluding steroid dienone is 4. The number of carbonyl (C=O) groups is 4. The van der Waals surface area contributed by atoms with E-state index in [1.54, 1.807) is 24.3 Å². The number of unbranched alkanes of at least 4 members (excludes halogenated alkanes) is 26. The summed E-state index contributed by atoms with van der Waals surface area (Å²) in [5, 5.41) is 25.0. The summed E-state index contributed by atoms with van der Waals surface area (Å²) in [6.45, 7) is 4.51. The lowest BCUT2D eigenvalue weighted by Crippen LogP contribution is -2.22. The Hall–Kier alpha value is -3.42. The van der Waals surface area contributed by atoms with Gasteiger partial charge >= 0.3 is 11.9 Å². The van der Waals surface area contributed by atoms with Gasteiger partial charge < -0.3 is 20.8 Å². The molecule has 0 aliphatic heterocycles. The summed E-state index contributed by atoms with van der Waals surface area (Å²) < 4.78 is 0. The van der Waals surface area contributed by atoms with Gasteiger partial charge in [0.15, 0.2) is 0 Å². The average Bonchev–Trinajstić information content (AvgIpc) is 3.19. The van der Waals surface area contributed by atoms with Crippen LogP contribution in [0.1, 0.15) is 219 Å². The number of carboxylic acid groups (broad SMARTS) is 2. The minimum absolute atomic E-state index is 0.165. The van der Waals surface area contributed by atoms with Crippen molar-refractivity contribution in [1.29, 1.82) is 0 Å². The fourth-order valence-corrected chi connectivity index (χ4v) is 7.41. The van der Waals surface area contributed by atoms with Crippen molar-refractivity contribution in [3.8, 4) is 0 Å². The summed E-state index contributed by atoms with van der Waals surface area (Å²) >= 11 is 0. The van der Waals surface area contributed by atoms with Crippen LogP contribution in [0.5, 0.6) is 0 Å². The predicted octanol–water partition coefficient (Wildman–Crippen LogP) is 14.6. The van der Waals surface area contributed by atoms with Crippen LogP contribution in [-0.2, 0) is 19.2 Å². The molecule has 8 nitrogen and oxygen atoms in total. The lowest BCUT2D eigenvalue weighted by atomic mass is 10.00. The molecule has 0 aliphatic rings. The van der Waals surface area contributed by atoms with Crippen molar-refractivity contribution in [3.63, 3.8) is 0 Å². The van der Waals surface area contributed by atoms with Gasteiger partial charge in [0.1, 0.15) is 0 Å². The van der Waals surface area contributed by atoms with Gasteiger partial charge in [0.25, 0.3) is 0 Å². The fourth-order valence-electron chi connectivity index (χ4n) is 7.41. The summed E-state index contributed by atoms with van der Waals surface area (Å²) in [5.74, 6) is -4.52. The van der Waals surface area contributed by atoms with Crippen molar-refractivity contribution in [3.05, 3.63) is 48.6 Å². The SMILES string of the molecule is CCCCCCCCCCCCCCCC=CCC(CC(=O)Nc1cccc(NC(=O)CC(CC=CCCCCCCCCCCCCCCC)C(=O)O)c1)C(=O)O. The van der Waals surface area contributed by atoms with E-state index in [0.29, 0.717) is 11.4 Å². The summed E-state index contributed by atoms with van der Waals surface area (Å²) in [4.78, 5) is 49.3. The number of aliphatic carboxylic acids is 2. The molecule has 4 N–H and O–H groups in total. The van der Waals surface area contributed by atoms with E-state index in [1.165, 1.54) is 154 Å². The van der Waals surface area contributed by atoms with E-state index < -0.39 is 35.6 Å². The molecular formula is C50H84N2O6. The molecule has 0 radical (unpaired) electrons. The molecule has 0 fully saturated rings. The van der Waals surface area contributed by atoms with Crippen molar-refractivity contribution in [2.45, 2.75) is 219 Å². The van der Waals surface area contributed by atoms with E-state index in [2.05, 4.69) is 24.5 Å². The van der Waals surface area contributed by atoms with Crippen LogP contribution in [0, 0.1) is 11.8 Å². The van der Waals surface area contributed by atoms with Crippen LogP contribution in [0.15, 0.2) is 48.6 Å². The molecule has 0 heterocycles. The van der Waals surface area contributed by atoms with E-state index in [0.717, 1.165) is 25.7 Å². The molecule has 2 amide bonds. The first-order valence-corrected chi connectivity index (χ1v) is 23.7. The van der Waals surface area contributed by atoms with Gasteiger partial charge in [-0.3, -0.25) is 19.2 Å². The second-order valence-corrected chi connectivity index (χ2v) is 16.6. The van der Waals surface area contributed by atoms with Crippen molar-refractivity contribution in [1.82, 2.24) is 0 Å². The number of carboxylic acids is 2. The Bertz CT molecular complexity index is 1170. The summed E-state index contributed by atoms with van der Waals surface area (Å²) in [6.07, 6.45) is 43.9. The van der Waals surface area contributed by atoms with Crippen LogP contribution < -0.4 is 10.6 Å². The van der Waals surface area contributed by atoms with Crippen LogP contribution in [-0.4, -0.2) is 34.0 Å². The third kappa shape index (κ3) is 31.6. The number of amides is 2. The van der Waals surface area contributed by atoms with Crippen LogP contribution in [0.3, 0.4) is 0 Å². The zero-order valence-electron chi connectivity index (χ0n) is 36.9. The minimum atomic E-state index is -1.01. The standard InChI is InChI=1S/C50H84N2O6/c1-3-5-7-9-11-13-15-17-19-21-23-25-27-29-31-33-36-43(49(55)56)40-47(53)51-45-38-35-39-46(42-45)52-48(54)41-44(50(57)58)37-34-32-30-28-26-24-22-20-18-16-14-12-10-8-6-4-2/h31-35,38-39,42-44H,3-30,36-37,40-41H2,1-2H3,(H,51,53)(H,52,54)(H,55,56)(H,57,58). The van der Waals surface area contributed by atoms with Gasteiger partial charge in [-0.05, 0) is 56.7 Å². The zero-order valence-corrected chi connectivity index (χ0v) is 36.9. The smallest absolute Gasteiger partial charge is 0.307 e. The van der Waals surface area contributed by atoms with E-state index in [-0.39, 0.29) is 25.7 Å². The van der Waals surface area contributed by atoms with Crippen molar-refractivity contribution in [2.75, 3.05) is 10.6 Å². The molecule has 2 unspecified atom stereocenters. The molecule has 2 atom stereocenters. The van der Waals surface area contributed by atoms with E-state index in [4.69, 9.17) is 0 Å². The Morgan fingerprint density at radius 2 is 0.759 bits per heavy atom. The Balaban J connectivity index is 2.28. The second-order valence-electron chi connectivity index (χ2n) is 16.6. The Morgan fingerprint density at radius 3 is 1.05 bits per heavy atom. The Morgan fingerprint density at radius 1 is 0.466 bits per heavy atom. The zero-order chi connectivity index (χ0) is 42.3. The maximum Gasteiger partial charge on any atom is 0.307 e. The first-order valence-electron chi connectivity index (χ1n) is 23.7. The normalized spacial score (nSPS) is 12.6. The number of hydrogen-bond donors (Lipinski definition) is 4. The number of carbonyl (C=O) groups excluding carboxylic acids is 2. The summed E-state index contributed by atoms with van der Waals surface area (Å²) in [5.41, 5.74) is 0.853. The number of rotatable bonds is 40. The number of nitrogens with one attached hydrogen (secondary N) is 2. The fraction of sp³-hybridized carbons (Fsp3) is 0.720. The van der Waals surface area contributed by atoms with Crippen LogP contribution >= 0.6 is 0 Å². The lowest BCUT2D eigenvalue weighted by molar-refractivity contribution is -0.143. The van der Waals surface area contributed by atoms with E-state index in [1.807, 2.05) is 24.3 Å². The largest absolute Gasteiger partial charge is 0.481 e. The molecule has 0 saturated heterocycles. The average molecular weight is 809 g/mol. The van der Waals surface area contributed by atoms with Gasteiger partial charge in [0.05, 0.1) is 11.8 Å². The van der Waals surface area contributed by atoms with E-state index in [9.17, 15) is 29.4 Å². The van der Waals surface area contributed by atoms with E-state index >= 15 is 0 Å². The maximum atomic E-state index is 12.8. The molecular weight excluding hydrogens is 725 g/mol. The highest BCUT2D eigenvalue weighted by Crippen LogP contribution is 2.20. The molecule has 8 heteroatoms. The first kappa shape index (κ1) is 52.6. The number of benzene rings is 1. The van der Waals surface area contributed by atoms with Crippen molar-refractivity contribution < 1.29 is 29.4 Å². The van der Waals surface area contributed by atoms with Crippen molar-refractivity contribution >= 4 is 35.1 Å². The quantitative estimate of drug-likeness (QED) is 0.0385. The minimum Gasteiger partial charge on any atom is -0.481 e. The summed E-state index contributed by atoms with van der Waals surface area (Å²) in [6, 6.07) is 6.60. The molecule has 1 aromatic carbocycles. The first-order chi connectivity index (χ1) is 28.3. The number of hydrogen-bond acceptors (Lipinski definition) is 4. The number of anilines is 2. The van der Waals surface area contributed by atoms with Crippen LogP contribution in [0.25, 0.3) is 0 Å². The highest BCUT2D eigenvalue weighted by Gasteiger charge is 2.21. The monoisotopic (exact) mass is 809 g/mol. The van der Waals surface area contributed by atoms with Crippen LogP contribution in [0.2, 0.25) is 0 Å². The molecule has 1 rings (SSSR count). The maximum absolute atomic E-state index is 12.8. The Kier molecular flexibility index (Phi) is 34.3. The van der Waals surface area contributed by atoms with Gasteiger partial charge in [-0.2, -0.15) is 0 Å². The molecule has 58 heavy (non-hydrogen) atoms. The lowest BCUT2D eigenvalue weighted by Gasteiger charge is -2.13. The van der Waals surface area contributed by atoms with Gasteiger partial charge in [-0.1, -0.05) is 198 Å². The van der Waals surface area contributed by atoms with Gasteiger partial charge in [-0.15, -0.1) is 0 Å². The van der Waals surface area contributed by atoms with Crippen LogP contribution in [0.4, 0.5) is 11.4 Å². The second kappa shape index (κ2) is 37.8. The highest BCUT2D eigenvalue weighted by atomic mass is 16.4. The summed E-state index contributed by atoms with van der Waals surface area (Å²) in [7, 11) is 0. The van der Waals surface area contributed by atoms with Gasteiger partial charge in [0.2, 0.25) is 11.8 Å². The Labute approximate surface area is 353 Å². The molecule has 0 aliphatic carbocycles. The van der Waals surface area contributed by atoms with Crippen molar-refractivity contribution in [2.24, 2.45) is 11.8 Å². The predicted molar refractivity (Wildman–Crippen MR) is 243 cm³/mol. The highest BCUT2D eigenvalue weighted by molar-refractivity contribution is 5.96. The molecule has 0 aromatic heterocycles. The third-order valence-electron chi connectivity index (χ3n) is 11.1. The molecule has 0 spiro atoms. The van der Waals surface area contributed by atoms with Gasteiger partial charge in [0, 0.05) is 24.2 Å². The van der Waals surface area contributed by atoms with Gasteiger partial charge in [-0.25, -0.2) is 0 Å². The molecule has 1 aromatic rings. The molecule has 0 saturated carbocycles. The molecule has 330 valence electrons. The third-order valence-corrected chi connectivity index (χ3v) is 11.1.